The number of fused-ring (bicyclic) bond motifs is 1. The molecule has 30 heavy (non-hydrogen) atoms. The maximum Gasteiger partial charge on any atom is 0.229 e. The Balaban J connectivity index is 1.22. The first-order chi connectivity index (χ1) is 14.5. The Hall–Kier alpha value is -2.12. The zero-order valence-corrected chi connectivity index (χ0v) is 17.7. The third-order valence-electron chi connectivity index (χ3n) is 7.51. The van der Waals surface area contributed by atoms with Crippen molar-refractivity contribution in [2.75, 3.05) is 37.6 Å². The van der Waals surface area contributed by atoms with Gasteiger partial charge in [-0.1, -0.05) is 12.1 Å². The van der Waals surface area contributed by atoms with Gasteiger partial charge in [0.05, 0.1) is 30.1 Å². The lowest BCUT2D eigenvalue weighted by atomic mass is 9.73. The van der Waals surface area contributed by atoms with Crippen LogP contribution in [0.25, 0.3) is 0 Å². The van der Waals surface area contributed by atoms with Gasteiger partial charge in [0, 0.05) is 37.9 Å². The quantitative estimate of drug-likeness (QED) is 0.755. The summed E-state index contributed by atoms with van der Waals surface area (Å²) in [6, 6.07) is 8.72. The average Bonchev–Trinajstić information content (AvgIpc) is 3.37. The van der Waals surface area contributed by atoms with Crippen molar-refractivity contribution in [2.45, 2.75) is 50.4 Å². The second-order valence-electron chi connectivity index (χ2n) is 9.42. The third kappa shape index (κ3) is 3.19. The lowest BCUT2D eigenvalue weighted by Gasteiger charge is -2.35. The van der Waals surface area contributed by atoms with Gasteiger partial charge in [0.1, 0.15) is 0 Å². The number of rotatable bonds is 5. The number of likely N-dealkylation sites (tertiary alicyclic amines) is 1. The summed E-state index contributed by atoms with van der Waals surface area (Å²) in [5.41, 5.74) is 7.72. The van der Waals surface area contributed by atoms with Gasteiger partial charge in [-0.05, 0) is 50.3 Å². The summed E-state index contributed by atoms with van der Waals surface area (Å²) in [4.78, 5) is 30.4. The number of carbonyl (C=O) groups excluding carboxylic acids is 2. The summed E-state index contributed by atoms with van der Waals surface area (Å²) < 4.78 is 6.27. The molecule has 7 nitrogen and oxygen atoms in total. The zero-order valence-electron chi connectivity index (χ0n) is 17.7. The molecule has 4 fully saturated rings. The number of nitrogens with one attached hydrogen (secondary N) is 1. The van der Waals surface area contributed by atoms with Crippen molar-refractivity contribution in [2.24, 2.45) is 17.6 Å². The number of nitrogens with two attached hydrogens (primary N) is 1. The molecule has 4 aliphatic rings. The molecule has 4 saturated heterocycles. The molecule has 4 atom stereocenters. The minimum Gasteiger partial charge on any atom is -0.371 e. The minimum atomic E-state index is -0.465. The SMILES string of the molecule is Cc1cccc(N2CCC(NC(=O)[C@H]3[C@@H]4CC[C@@]5(CN(CCN)C(=O)[C@@H]35)O4)CC2)c1. The number of amides is 2. The van der Waals surface area contributed by atoms with Crippen molar-refractivity contribution < 1.29 is 14.3 Å². The molecule has 3 N–H and O–H groups in total. The molecular formula is C23H32N4O3. The number of hydrogen-bond acceptors (Lipinski definition) is 5. The average molecular weight is 413 g/mol. The van der Waals surface area contributed by atoms with E-state index in [-0.39, 0.29) is 35.8 Å². The number of carbonyl (C=O) groups is 2. The summed E-state index contributed by atoms with van der Waals surface area (Å²) in [6.45, 7) is 5.53. The van der Waals surface area contributed by atoms with Crippen LogP contribution in [-0.2, 0) is 14.3 Å². The lowest BCUT2D eigenvalue weighted by molar-refractivity contribution is -0.138. The van der Waals surface area contributed by atoms with Crippen molar-refractivity contribution in [3.63, 3.8) is 0 Å². The molecule has 0 unspecified atom stereocenters. The fraction of sp³-hybridized carbons (Fsp3) is 0.652. The van der Waals surface area contributed by atoms with Crippen LogP contribution in [0, 0.1) is 18.8 Å². The Labute approximate surface area is 177 Å². The molecule has 4 aliphatic heterocycles. The second kappa shape index (κ2) is 7.54. The number of ether oxygens (including phenoxy) is 1. The largest absolute Gasteiger partial charge is 0.371 e. The van der Waals surface area contributed by atoms with Gasteiger partial charge in [-0.3, -0.25) is 9.59 Å². The number of benzene rings is 1. The van der Waals surface area contributed by atoms with Crippen molar-refractivity contribution in [3.05, 3.63) is 29.8 Å². The Kier molecular flexibility index (Phi) is 4.98. The predicted molar refractivity (Wildman–Crippen MR) is 114 cm³/mol. The number of aryl methyl sites for hydroxylation is 1. The Morgan fingerprint density at radius 3 is 2.83 bits per heavy atom. The highest BCUT2D eigenvalue weighted by atomic mass is 16.5. The highest BCUT2D eigenvalue weighted by Gasteiger charge is 2.68. The van der Waals surface area contributed by atoms with E-state index in [0.29, 0.717) is 19.6 Å². The molecule has 1 aromatic rings. The Morgan fingerprint density at radius 2 is 2.10 bits per heavy atom. The van der Waals surface area contributed by atoms with Crippen molar-refractivity contribution in [3.8, 4) is 0 Å². The van der Waals surface area contributed by atoms with Crippen LogP contribution in [0.3, 0.4) is 0 Å². The second-order valence-corrected chi connectivity index (χ2v) is 9.42. The molecule has 7 heteroatoms. The molecule has 5 rings (SSSR count). The predicted octanol–water partition coefficient (Wildman–Crippen LogP) is 1.04. The Morgan fingerprint density at radius 1 is 1.30 bits per heavy atom. The van der Waals surface area contributed by atoms with Crippen LogP contribution in [0.5, 0.6) is 0 Å². The van der Waals surface area contributed by atoms with Crippen molar-refractivity contribution in [1.29, 1.82) is 0 Å². The normalized spacial score (nSPS) is 33.3. The van der Waals surface area contributed by atoms with Crippen LogP contribution in [0.15, 0.2) is 24.3 Å². The summed E-state index contributed by atoms with van der Waals surface area (Å²) in [5, 5.41) is 3.26. The molecule has 1 aromatic carbocycles. The van der Waals surface area contributed by atoms with E-state index in [1.54, 1.807) is 4.90 Å². The highest BCUT2D eigenvalue weighted by Crippen LogP contribution is 2.55. The monoisotopic (exact) mass is 412 g/mol. The topological polar surface area (TPSA) is 87.9 Å². The van der Waals surface area contributed by atoms with Crippen LogP contribution >= 0.6 is 0 Å². The fourth-order valence-electron chi connectivity index (χ4n) is 6.09. The van der Waals surface area contributed by atoms with Crippen LogP contribution in [-0.4, -0.2) is 67.2 Å². The molecule has 0 radical (unpaired) electrons. The minimum absolute atomic E-state index is 0.00327. The number of piperidine rings is 1. The van der Waals surface area contributed by atoms with E-state index in [2.05, 4.69) is 41.4 Å². The van der Waals surface area contributed by atoms with Gasteiger partial charge >= 0.3 is 0 Å². The number of anilines is 1. The maximum absolute atomic E-state index is 13.2. The van der Waals surface area contributed by atoms with Crippen LogP contribution in [0.2, 0.25) is 0 Å². The van der Waals surface area contributed by atoms with Gasteiger partial charge in [0.2, 0.25) is 11.8 Å². The summed E-state index contributed by atoms with van der Waals surface area (Å²) in [7, 11) is 0. The van der Waals surface area contributed by atoms with E-state index in [1.165, 1.54) is 11.3 Å². The van der Waals surface area contributed by atoms with E-state index in [9.17, 15) is 9.59 Å². The summed E-state index contributed by atoms with van der Waals surface area (Å²) in [5.74, 6) is -0.639. The van der Waals surface area contributed by atoms with E-state index < -0.39 is 5.60 Å². The third-order valence-corrected chi connectivity index (χ3v) is 7.51. The molecule has 0 aromatic heterocycles. The van der Waals surface area contributed by atoms with Gasteiger partial charge < -0.3 is 25.6 Å². The molecule has 2 bridgehead atoms. The zero-order chi connectivity index (χ0) is 20.9. The first-order valence-corrected chi connectivity index (χ1v) is 11.3. The molecule has 1 spiro atoms. The van der Waals surface area contributed by atoms with E-state index in [4.69, 9.17) is 10.5 Å². The van der Waals surface area contributed by atoms with E-state index in [1.807, 2.05) is 0 Å². The van der Waals surface area contributed by atoms with Crippen molar-refractivity contribution in [1.82, 2.24) is 10.2 Å². The smallest absolute Gasteiger partial charge is 0.229 e. The van der Waals surface area contributed by atoms with Crippen LogP contribution in [0.1, 0.15) is 31.2 Å². The van der Waals surface area contributed by atoms with Crippen LogP contribution in [0.4, 0.5) is 5.69 Å². The summed E-state index contributed by atoms with van der Waals surface area (Å²) in [6.07, 6.45) is 3.45. The standard InChI is InChI=1S/C23H32N4O3/c1-15-3-2-4-17(13-15)26-10-6-16(7-11-26)25-21(28)19-18-5-8-23(30-18)14-27(12-9-24)22(29)20(19)23/h2-4,13,16,18-20H,5-12,14,24H2,1H3,(H,25,28)/t18-,19-,20+,23-/m0/s1. The molecule has 4 heterocycles. The van der Waals surface area contributed by atoms with Gasteiger partial charge in [-0.15, -0.1) is 0 Å². The molecule has 162 valence electrons. The molecule has 2 amide bonds. The van der Waals surface area contributed by atoms with Crippen molar-refractivity contribution >= 4 is 17.5 Å². The highest BCUT2D eigenvalue weighted by molar-refractivity contribution is 5.92. The Bertz CT molecular complexity index is 837. The summed E-state index contributed by atoms with van der Waals surface area (Å²) >= 11 is 0. The van der Waals surface area contributed by atoms with Gasteiger partial charge in [-0.2, -0.15) is 0 Å². The van der Waals surface area contributed by atoms with Gasteiger partial charge in [0.25, 0.3) is 0 Å². The maximum atomic E-state index is 13.2. The first-order valence-electron chi connectivity index (χ1n) is 11.3. The first kappa shape index (κ1) is 19.8. The van der Waals surface area contributed by atoms with Crippen LogP contribution < -0.4 is 16.0 Å². The van der Waals surface area contributed by atoms with Gasteiger partial charge in [-0.25, -0.2) is 0 Å². The fourth-order valence-corrected chi connectivity index (χ4v) is 6.09. The lowest BCUT2D eigenvalue weighted by Crippen LogP contribution is -2.51. The number of hydrogen-bond donors (Lipinski definition) is 2. The molecular weight excluding hydrogens is 380 g/mol. The van der Waals surface area contributed by atoms with Gasteiger partial charge in [0.15, 0.2) is 0 Å². The van der Waals surface area contributed by atoms with E-state index in [0.717, 1.165) is 38.8 Å². The molecule has 0 aliphatic carbocycles. The van der Waals surface area contributed by atoms with E-state index >= 15 is 0 Å². The number of nitrogens with zero attached hydrogens (tertiary/aromatic N) is 2. The molecule has 0 saturated carbocycles.